The van der Waals surface area contributed by atoms with Crippen LogP contribution >= 0.6 is 15.9 Å². The highest BCUT2D eigenvalue weighted by molar-refractivity contribution is 9.09. The molecule has 1 nitrogen and oxygen atoms in total. The van der Waals surface area contributed by atoms with Gasteiger partial charge >= 0.3 is 6.18 Å². The third-order valence-corrected chi connectivity index (χ3v) is 1.64. The molecule has 0 saturated heterocycles. The summed E-state index contributed by atoms with van der Waals surface area (Å²) in [6.07, 6.45) is -2.84. The van der Waals surface area contributed by atoms with E-state index in [9.17, 15) is 13.2 Å². The zero-order valence-corrected chi connectivity index (χ0v) is 7.28. The van der Waals surface area contributed by atoms with Crippen LogP contribution in [-0.2, 0) is 4.74 Å². The maximum absolute atomic E-state index is 11.7. The quantitative estimate of drug-likeness (QED) is 0.411. The minimum Gasteiger partial charge on any atom is -0.376 e. The van der Waals surface area contributed by atoms with E-state index < -0.39 is 11.0 Å². The Morgan fingerprint density at radius 2 is 2.09 bits per heavy atom. The Kier molecular flexibility index (Phi) is 4.76. The molecule has 0 aliphatic carbocycles. The average Bonchev–Trinajstić information content (AvgIpc) is 1.86. The molecule has 66 valence electrons. The predicted molar refractivity (Wildman–Crippen MR) is 39.8 cm³/mol. The van der Waals surface area contributed by atoms with Crippen molar-refractivity contribution in [3.8, 4) is 0 Å². The SMILES string of the molecule is C=CCOCC(Br)C(F)(F)F. The van der Waals surface area contributed by atoms with Gasteiger partial charge in [-0.05, 0) is 0 Å². The molecule has 0 spiro atoms. The molecule has 0 radical (unpaired) electrons. The molecule has 5 heteroatoms. The van der Waals surface area contributed by atoms with Gasteiger partial charge in [0.2, 0.25) is 0 Å². The summed E-state index contributed by atoms with van der Waals surface area (Å²) in [6, 6.07) is 0. The lowest BCUT2D eigenvalue weighted by Gasteiger charge is -2.12. The van der Waals surface area contributed by atoms with Crippen molar-refractivity contribution in [1.29, 1.82) is 0 Å². The van der Waals surface area contributed by atoms with Crippen molar-refractivity contribution in [2.75, 3.05) is 13.2 Å². The predicted octanol–water partition coefficient (Wildman–Crippen LogP) is 2.51. The van der Waals surface area contributed by atoms with Gasteiger partial charge in [-0.15, -0.1) is 6.58 Å². The highest BCUT2D eigenvalue weighted by Gasteiger charge is 2.37. The van der Waals surface area contributed by atoms with Gasteiger partial charge in [0.25, 0.3) is 0 Å². The van der Waals surface area contributed by atoms with Crippen LogP contribution in [0.15, 0.2) is 12.7 Å². The topological polar surface area (TPSA) is 9.23 Å². The van der Waals surface area contributed by atoms with Crippen LogP contribution in [0.1, 0.15) is 0 Å². The molecule has 0 heterocycles. The molecule has 11 heavy (non-hydrogen) atoms. The Hall–Kier alpha value is -0.0300. The third-order valence-electron chi connectivity index (χ3n) is 0.855. The monoisotopic (exact) mass is 232 g/mol. The van der Waals surface area contributed by atoms with E-state index in [0.29, 0.717) is 0 Å². The van der Waals surface area contributed by atoms with Crippen LogP contribution in [0.3, 0.4) is 0 Å². The lowest BCUT2D eigenvalue weighted by atomic mass is 10.4. The van der Waals surface area contributed by atoms with Crippen LogP contribution in [0.5, 0.6) is 0 Å². The summed E-state index contributed by atoms with van der Waals surface area (Å²) in [4.78, 5) is -1.59. The highest BCUT2D eigenvalue weighted by atomic mass is 79.9. The molecule has 0 fully saturated rings. The lowest BCUT2D eigenvalue weighted by Crippen LogP contribution is -2.27. The minimum atomic E-state index is -4.23. The molecule has 0 bridgehead atoms. The first-order chi connectivity index (χ1) is 4.98. The normalized spacial score (nSPS) is 14.5. The summed E-state index contributed by atoms with van der Waals surface area (Å²) in [7, 11) is 0. The molecule has 0 aromatic carbocycles. The Labute approximate surface area is 71.4 Å². The summed E-state index contributed by atoms with van der Waals surface area (Å²) in [6.45, 7) is 3.06. The van der Waals surface area contributed by atoms with Crippen LogP contribution in [0, 0.1) is 0 Å². The van der Waals surface area contributed by atoms with Gasteiger partial charge in [-0.2, -0.15) is 13.2 Å². The first-order valence-corrected chi connectivity index (χ1v) is 3.79. The van der Waals surface area contributed by atoms with E-state index in [1.54, 1.807) is 0 Å². The Bertz CT molecular complexity index is 123. The summed E-state index contributed by atoms with van der Waals surface area (Å²) < 4.78 is 39.8. The Morgan fingerprint density at radius 1 is 1.55 bits per heavy atom. The van der Waals surface area contributed by atoms with Gasteiger partial charge in [0, 0.05) is 0 Å². The lowest BCUT2D eigenvalue weighted by molar-refractivity contribution is -0.136. The maximum Gasteiger partial charge on any atom is 0.403 e. The van der Waals surface area contributed by atoms with Crippen molar-refractivity contribution in [3.63, 3.8) is 0 Å². The minimum absolute atomic E-state index is 0.137. The molecule has 0 N–H and O–H groups in total. The summed E-state index contributed by atoms with van der Waals surface area (Å²) in [5, 5.41) is 0. The fourth-order valence-corrected chi connectivity index (χ4v) is 0.536. The number of hydrogen-bond acceptors (Lipinski definition) is 1. The second-order valence-corrected chi connectivity index (χ2v) is 2.94. The van der Waals surface area contributed by atoms with Crippen molar-refractivity contribution >= 4 is 15.9 Å². The summed E-state index contributed by atoms with van der Waals surface area (Å²) >= 11 is 2.44. The van der Waals surface area contributed by atoms with Gasteiger partial charge < -0.3 is 4.74 Å². The van der Waals surface area contributed by atoms with Gasteiger partial charge in [0.15, 0.2) is 0 Å². The van der Waals surface area contributed by atoms with Crippen LogP contribution < -0.4 is 0 Å². The van der Waals surface area contributed by atoms with Gasteiger partial charge in [-0.3, -0.25) is 0 Å². The van der Waals surface area contributed by atoms with Crippen LogP contribution in [0.2, 0.25) is 0 Å². The van der Waals surface area contributed by atoms with Gasteiger partial charge in [0.1, 0.15) is 4.83 Å². The standard InChI is InChI=1S/C6H8BrF3O/c1-2-3-11-4-5(7)6(8,9)10/h2,5H,1,3-4H2. The fourth-order valence-electron chi connectivity index (χ4n) is 0.349. The number of halogens is 4. The molecule has 0 aromatic heterocycles. The van der Waals surface area contributed by atoms with Crippen LogP contribution in [0.4, 0.5) is 13.2 Å². The number of ether oxygens (including phenoxy) is 1. The molecule has 1 unspecified atom stereocenters. The zero-order chi connectivity index (χ0) is 8.91. The molecule has 0 aliphatic heterocycles. The fraction of sp³-hybridized carbons (Fsp3) is 0.667. The van der Waals surface area contributed by atoms with Crippen LogP contribution in [0.25, 0.3) is 0 Å². The molecule has 0 amide bonds. The van der Waals surface area contributed by atoms with Crippen molar-refractivity contribution < 1.29 is 17.9 Å². The van der Waals surface area contributed by atoms with E-state index in [0.717, 1.165) is 0 Å². The first-order valence-electron chi connectivity index (χ1n) is 2.88. The third kappa shape index (κ3) is 5.26. The summed E-state index contributed by atoms with van der Waals surface area (Å²) in [5.41, 5.74) is 0. The smallest absolute Gasteiger partial charge is 0.376 e. The summed E-state index contributed by atoms with van der Waals surface area (Å²) in [5.74, 6) is 0. The molecular formula is C6H8BrF3O. The van der Waals surface area contributed by atoms with Crippen molar-refractivity contribution in [2.45, 2.75) is 11.0 Å². The first kappa shape index (κ1) is 11.0. The van der Waals surface area contributed by atoms with Crippen molar-refractivity contribution in [2.24, 2.45) is 0 Å². The highest BCUT2D eigenvalue weighted by Crippen LogP contribution is 2.26. The van der Waals surface area contributed by atoms with Crippen molar-refractivity contribution in [1.82, 2.24) is 0 Å². The number of hydrogen-bond donors (Lipinski definition) is 0. The van der Waals surface area contributed by atoms with E-state index in [2.05, 4.69) is 27.2 Å². The zero-order valence-electron chi connectivity index (χ0n) is 5.70. The number of alkyl halides is 4. The molecular weight excluding hydrogens is 225 g/mol. The Balaban J connectivity index is 3.52. The maximum atomic E-state index is 11.7. The van der Waals surface area contributed by atoms with E-state index in [1.165, 1.54) is 6.08 Å². The van der Waals surface area contributed by atoms with E-state index >= 15 is 0 Å². The molecule has 0 aliphatic rings. The van der Waals surface area contributed by atoms with Gasteiger partial charge in [0.05, 0.1) is 13.2 Å². The van der Waals surface area contributed by atoms with Crippen molar-refractivity contribution in [3.05, 3.63) is 12.7 Å². The molecule has 0 saturated carbocycles. The second kappa shape index (κ2) is 4.77. The van der Waals surface area contributed by atoms with Gasteiger partial charge in [-0.1, -0.05) is 22.0 Å². The molecule has 1 atom stereocenters. The number of rotatable bonds is 4. The van der Waals surface area contributed by atoms with Crippen LogP contribution in [-0.4, -0.2) is 24.2 Å². The molecule has 0 rings (SSSR count). The largest absolute Gasteiger partial charge is 0.403 e. The van der Waals surface area contributed by atoms with E-state index in [4.69, 9.17) is 0 Å². The van der Waals surface area contributed by atoms with Gasteiger partial charge in [-0.25, -0.2) is 0 Å². The van der Waals surface area contributed by atoms with E-state index in [1.807, 2.05) is 0 Å². The average molecular weight is 233 g/mol. The molecule has 0 aromatic rings. The Morgan fingerprint density at radius 3 is 2.45 bits per heavy atom. The van der Waals surface area contributed by atoms with E-state index in [-0.39, 0.29) is 13.2 Å². The second-order valence-electron chi connectivity index (χ2n) is 1.84.